The van der Waals surface area contributed by atoms with Gasteiger partial charge in [0.2, 0.25) is 11.7 Å². The van der Waals surface area contributed by atoms with Crippen LogP contribution in [-0.2, 0) is 0 Å². The standard InChI is InChI=1S/C14H13N3O4/c1-16-11-3-2-4-12(13(11)17(19)20)21-10-7-5-9(6-8-10)14(15)18/h2-8,16H,1H3,(H2,15,18). The van der Waals surface area contributed by atoms with Crippen molar-refractivity contribution < 1.29 is 14.5 Å². The number of hydrogen-bond acceptors (Lipinski definition) is 5. The number of nitrogens with zero attached hydrogens (tertiary/aromatic N) is 1. The van der Waals surface area contributed by atoms with Crippen molar-refractivity contribution in [2.45, 2.75) is 0 Å². The molecule has 0 heterocycles. The lowest BCUT2D eigenvalue weighted by Gasteiger charge is -2.09. The number of benzene rings is 2. The van der Waals surface area contributed by atoms with E-state index in [1.807, 2.05) is 0 Å². The Morgan fingerprint density at radius 1 is 1.24 bits per heavy atom. The highest BCUT2D eigenvalue weighted by Crippen LogP contribution is 2.37. The first-order valence-electron chi connectivity index (χ1n) is 6.06. The number of hydrogen-bond donors (Lipinski definition) is 2. The van der Waals surface area contributed by atoms with Crippen molar-refractivity contribution in [1.29, 1.82) is 0 Å². The predicted octanol–water partition coefficient (Wildman–Crippen LogP) is 2.53. The van der Waals surface area contributed by atoms with Crippen molar-refractivity contribution in [2.75, 3.05) is 12.4 Å². The topological polar surface area (TPSA) is 107 Å². The maximum absolute atomic E-state index is 11.2. The van der Waals surface area contributed by atoms with Crippen LogP contribution >= 0.6 is 0 Å². The van der Waals surface area contributed by atoms with Crippen molar-refractivity contribution in [2.24, 2.45) is 5.73 Å². The number of nitrogens with one attached hydrogen (secondary N) is 1. The van der Waals surface area contributed by atoms with Gasteiger partial charge in [0.25, 0.3) is 0 Å². The highest BCUT2D eigenvalue weighted by atomic mass is 16.6. The molecular weight excluding hydrogens is 274 g/mol. The number of primary amides is 1. The molecule has 0 unspecified atom stereocenters. The molecule has 2 rings (SSSR count). The Hall–Kier alpha value is -3.09. The molecule has 0 saturated heterocycles. The van der Waals surface area contributed by atoms with Crippen LogP contribution in [-0.4, -0.2) is 17.9 Å². The van der Waals surface area contributed by atoms with Gasteiger partial charge in [-0.1, -0.05) is 6.07 Å². The number of nitrogens with two attached hydrogens (primary N) is 1. The van der Waals surface area contributed by atoms with Crippen LogP contribution < -0.4 is 15.8 Å². The molecule has 0 atom stereocenters. The van der Waals surface area contributed by atoms with E-state index in [-0.39, 0.29) is 11.4 Å². The Kier molecular flexibility index (Phi) is 4.03. The zero-order chi connectivity index (χ0) is 15.4. The largest absolute Gasteiger partial charge is 0.450 e. The average molecular weight is 287 g/mol. The van der Waals surface area contributed by atoms with Gasteiger partial charge in [0.1, 0.15) is 11.4 Å². The Labute approximate surface area is 120 Å². The van der Waals surface area contributed by atoms with Crippen molar-refractivity contribution in [3.63, 3.8) is 0 Å². The molecule has 2 aromatic rings. The summed E-state index contributed by atoms with van der Waals surface area (Å²) < 4.78 is 5.51. The van der Waals surface area contributed by atoms with Gasteiger partial charge in [-0.2, -0.15) is 0 Å². The molecular formula is C14H13N3O4. The van der Waals surface area contributed by atoms with Crippen molar-refractivity contribution in [1.82, 2.24) is 0 Å². The molecule has 0 aliphatic heterocycles. The zero-order valence-electron chi connectivity index (χ0n) is 11.2. The van der Waals surface area contributed by atoms with E-state index in [1.54, 1.807) is 19.2 Å². The maximum atomic E-state index is 11.2. The first-order chi connectivity index (χ1) is 10.0. The summed E-state index contributed by atoms with van der Waals surface area (Å²) in [5.41, 5.74) is 5.67. The summed E-state index contributed by atoms with van der Waals surface area (Å²) in [4.78, 5) is 21.6. The van der Waals surface area contributed by atoms with Gasteiger partial charge in [0.15, 0.2) is 0 Å². The second-order valence-corrected chi connectivity index (χ2v) is 4.15. The SMILES string of the molecule is CNc1cccc(Oc2ccc(C(N)=O)cc2)c1[N+](=O)[O-]. The van der Waals surface area contributed by atoms with E-state index in [0.717, 1.165) is 0 Å². The molecule has 7 nitrogen and oxygen atoms in total. The third-order valence-electron chi connectivity index (χ3n) is 2.82. The number of rotatable bonds is 5. The quantitative estimate of drug-likeness (QED) is 0.649. The van der Waals surface area contributed by atoms with Crippen LogP contribution in [0.25, 0.3) is 0 Å². The third-order valence-corrected chi connectivity index (χ3v) is 2.82. The minimum absolute atomic E-state index is 0.110. The summed E-state index contributed by atoms with van der Waals surface area (Å²) in [6.45, 7) is 0. The number of amides is 1. The lowest BCUT2D eigenvalue weighted by Crippen LogP contribution is -2.10. The average Bonchev–Trinajstić information content (AvgIpc) is 2.47. The van der Waals surface area contributed by atoms with Crippen molar-refractivity contribution >= 4 is 17.3 Å². The molecule has 0 aromatic heterocycles. The summed E-state index contributed by atoms with van der Waals surface area (Å²) in [5, 5.41) is 13.9. The zero-order valence-corrected chi connectivity index (χ0v) is 11.2. The number of nitro groups is 1. The van der Waals surface area contributed by atoms with Crippen LogP contribution in [0, 0.1) is 10.1 Å². The van der Waals surface area contributed by atoms with Gasteiger partial charge in [0.05, 0.1) is 4.92 Å². The fraction of sp³-hybridized carbons (Fsp3) is 0.0714. The molecule has 108 valence electrons. The lowest BCUT2D eigenvalue weighted by atomic mass is 10.2. The highest BCUT2D eigenvalue weighted by Gasteiger charge is 2.20. The van der Waals surface area contributed by atoms with Gasteiger partial charge in [-0.3, -0.25) is 14.9 Å². The first-order valence-corrected chi connectivity index (χ1v) is 6.06. The van der Waals surface area contributed by atoms with Crippen LogP contribution in [0.3, 0.4) is 0 Å². The normalized spacial score (nSPS) is 9.95. The van der Waals surface area contributed by atoms with E-state index in [2.05, 4.69) is 5.32 Å². The van der Waals surface area contributed by atoms with E-state index < -0.39 is 10.8 Å². The molecule has 0 spiro atoms. The Bertz CT molecular complexity index is 683. The van der Waals surface area contributed by atoms with Gasteiger partial charge < -0.3 is 15.8 Å². The van der Waals surface area contributed by atoms with Gasteiger partial charge in [-0.15, -0.1) is 0 Å². The molecule has 0 fully saturated rings. The van der Waals surface area contributed by atoms with E-state index in [0.29, 0.717) is 17.0 Å². The second kappa shape index (κ2) is 5.91. The van der Waals surface area contributed by atoms with Gasteiger partial charge >= 0.3 is 5.69 Å². The monoisotopic (exact) mass is 287 g/mol. The fourth-order valence-electron chi connectivity index (χ4n) is 1.81. The Balaban J connectivity index is 2.35. The predicted molar refractivity (Wildman–Crippen MR) is 77.7 cm³/mol. The summed E-state index contributed by atoms with van der Waals surface area (Å²) in [7, 11) is 1.59. The van der Waals surface area contributed by atoms with Crippen LogP contribution in [0.5, 0.6) is 11.5 Å². The summed E-state index contributed by atoms with van der Waals surface area (Å²) in [6.07, 6.45) is 0. The van der Waals surface area contributed by atoms with Crippen LogP contribution in [0.4, 0.5) is 11.4 Å². The number of ether oxygens (including phenoxy) is 1. The van der Waals surface area contributed by atoms with Crippen LogP contribution in [0.2, 0.25) is 0 Å². The molecule has 7 heteroatoms. The highest BCUT2D eigenvalue weighted by molar-refractivity contribution is 5.92. The van der Waals surface area contributed by atoms with E-state index in [1.165, 1.54) is 30.3 Å². The number of nitro benzene ring substituents is 1. The molecule has 3 N–H and O–H groups in total. The van der Waals surface area contributed by atoms with Crippen LogP contribution in [0.15, 0.2) is 42.5 Å². The first kappa shape index (κ1) is 14.3. The minimum Gasteiger partial charge on any atom is -0.450 e. The van der Waals surface area contributed by atoms with Gasteiger partial charge in [-0.25, -0.2) is 0 Å². The number of anilines is 1. The molecule has 0 saturated carbocycles. The molecule has 0 aliphatic rings. The van der Waals surface area contributed by atoms with Crippen LogP contribution in [0.1, 0.15) is 10.4 Å². The number of carbonyl (C=O) groups is 1. The van der Waals surface area contributed by atoms with Crippen molar-refractivity contribution in [3.8, 4) is 11.5 Å². The molecule has 21 heavy (non-hydrogen) atoms. The second-order valence-electron chi connectivity index (χ2n) is 4.15. The lowest BCUT2D eigenvalue weighted by molar-refractivity contribution is -0.384. The third kappa shape index (κ3) is 3.08. The summed E-state index contributed by atoms with van der Waals surface area (Å²) in [6, 6.07) is 10.8. The number of carbonyl (C=O) groups excluding carboxylic acids is 1. The molecule has 0 bridgehead atoms. The minimum atomic E-state index is -0.551. The molecule has 0 aliphatic carbocycles. The van der Waals surface area contributed by atoms with Gasteiger partial charge in [0, 0.05) is 12.6 Å². The fourth-order valence-corrected chi connectivity index (χ4v) is 1.81. The number of para-hydroxylation sites is 1. The Morgan fingerprint density at radius 3 is 2.43 bits per heavy atom. The molecule has 2 aromatic carbocycles. The van der Waals surface area contributed by atoms with E-state index >= 15 is 0 Å². The molecule has 1 amide bonds. The smallest absolute Gasteiger partial charge is 0.334 e. The van der Waals surface area contributed by atoms with E-state index in [9.17, 15) is 14.9 Å². The van der Waals surface area contributed by atoms with Gasteiger partial charge in [-0.05, 0) is 36.4 Å². The van der Waals surface area contributed by atoms with Crippen molar-refractivity contribution in [3.05, 3.63) is 58.1 Å². The molecule has 0 radical (unpaired) electrons. The summed E-state index contributed by atoms with van der Waals surface area (Å²) >= 11 is 0. The maximum Gasteiger partial charge on any atom is 0.334 e. The van der Waals surface area contributed by atoms with E-state index in [4.69, 9.17) is 10.5 Å². The summed E-state index contributed by atoms with van der Waals surface area (Å²) in [5.74, 6) is -0.0697. The Morgan fingerprint density at radius 2 is 1.90 bits per heavy atom.